The average molecular weight is 385 g/mol. The number of nitrogens with one attached hydrogen (secondary N) is 1. The summed E-state index contributed by atoms with van der Waals surface area (Å²) in [6.07, 6.45) is 9.89. The van der Waals surface area contributed by atoms with Crippen molar-refractivity contribution in [2.45, 2.75) is 12.5 Å². The Kier molecular flexibility index (Phi) is 5.29. The van der Waals surface area contributed by atoms with Crippen molar-refractivity contribution in [2.75, 3.05) is 11.9 Å². The van der Waals surface area contributed by atoms with Crippen molar-refractivity contribution >= 4 is 27.4 Å². The van der Waals surface area contributed by atoms with E-state index in [-0.39, 0.29) is 6.04 Å². The number of benzene rings is 1. The van der Waals surface area contributed by atoms with Gasteiger partial charge in [-0.25, -0.2) is 9.97 Å². The third-order valence-corrected chi connectivity index (χ3v) is 5.36. The van der Waals surface area contributed by atoms with E-state index in [2.05, 4.69) is 33.3 Å². The van der Waals surface area contributed by atoms with Crippen LogP contribution in [0.5, 0.6) is 0 Å². The zero-order valence-corrected chi connectivity index (χ0v) is 16.0. The molecule has 0 aliphatic rings. The molecule has 1 aromatic carbocycles. The topological polar surface area (TPSA) is 76.7 Å². The molecule has 0 saturated carbocycles. The highest BCUT2D eigenvalue weighted by Gasteiger charge is 2.15. The quantitative estimate of drug-likeness (QED) is 0.495. The standard InChI is InChI=1S/C22H19N5S/c1-2-16-14-28-20-19(16)26-21(17-8-10-24-11-9-17)27-22(20)25-13-18(23)12-15-6-4-3-5-7-15/h1,3-11,14,18H,12-13,23H2,(H,25,26,27). The first-order valence-corrected chi connectivity index (χ1v) is 9.82. The van der Waals surface area contributed by atoms with Crippen LogP contribution in [0.1, 0.15) is 11.1 Å². The number of thiophene rings is 1. The highest BCUT2D eigenvalue weighted by atomic mass is 32.1. The lowest BCUT2D eigenvalue weighted by atomic mass is 10.1. The summed E-state index contributed by atoms with van der Waals surface area (Å²) in [5.74, 6) is 4.08. The molecule has 3 aromatic heterocycles. The monoisotopic (exact) mass is 385 g/mol. The summed E-state index contributed by atoms with van der Waals surface area (Å²) in [6.45, 7) is 0.597. The van der Waals surface area contributed by atoms with Crippen LogP contribution in [0.4, 0.5) is 5.82 Å². The molecule has 0 bridgehead atoms. The fourth-order valence-corrected chi connectivity index (χ4v) is 3.90. The van der Waals surface area contributed by atoms with Crippen LogP contribution in [0.25, 0.3) is 21.6 Å². The maximum atomic E-state index is 6.34. The number of nitrogens with zero attached hydrogens (tertiary/aromatic N) is 3. The molecule has 0 radical (unpaired) electrons. The van der Waals surface area contributed by atoms with Gasteiger partial charge in [-0.15, -0.1) is 17.8 Å². The molecule has 3 heterocycles. The molecule has 0 amide bonds. The van der Waals surface area contributed by atoms with E-state index in [9.17, 15) is 0 Å². The summed E-state index contributed by atoms with van der Waals surface area (Å²) in [7, 11) is 0. The molecule has 3 N–H and O–H groups in total. The van der Waals surface area contributed by atoms with E-state index in [0.29, 0.717) is 12.4 Å². The van der Waals surface area contributed by atoms with Gasteiger partial charge in [0.05, 0.1) is 10.3 Å². The summed E-state index contributed by atoms with van der Waals surface area (Å²) >= 11 is 1.54. The molecule has 1 atom stereocenters. The van der Waals surface area contributed by atoms with Crippen LogP contribution in [0.15, 0.2) is 60.2 Å². The predicted molar refractivity (Wildman–Crippen MR) is 115 cm³/mol. The number of fused-ring (bicyclic) bond motifs is 1. The summed E-state index contributed by atoms with van der Waals surface area (Å²) in [6, 6.07) is 14.0. The lowest BCUT2D eigenvalue weighted by Crippen LogP contribution is -2.31. The van der Waals surface area contributed by atoms with Gasteiger partial charge >= 0.3 is 0 Å². The summed E-state index contributed by atoms with van der Waals surface area (Å²) in [4.78, 5) is 13.5. The third-order valence-electron chi connectivity index (χ3n) is 4.38. The van der Waals surface area contributed by atoms with Crippen LogP contribution in [0.3, 0.4) is 0 Å². The Morgan fingerprint density at radius 1 is 1.11 bits per heavy atom. The highest BCUT2D eigenvalue weighted by Crippen LogP contribution is 2.31. The van der Waals surface area contributed by atoms with Gasteiger partial charge in [0.2, 0.25) is 0 Å². The van der Waals surface area contributed by atoms with Gasteiger partial charge in [0.1, 0.15) is 11.3 Å². The summed E-state index contributed by atoms with van der Waals surface area (Å²) in [5, 5.41) is 5.34. The van der Waals surface area contributed by atoms with Gasteiger partial charge in [-0.1, -0.05) is 36.3 Å². The number of terminal acetylenes is 1. The minimum Gasteiger partial charge on any atom is -0.367 e. The van der Waals surface area contributed by atoms with Crippen LogP contribution in [0, 0.1) is 12.3 Å². The van der Waals surface area contributed by atoms with E-state index in [1.54, 1.807) is 23.7 Å². The molecule has 28 heavy (non-hydrogen) atoms. The molecule has 6 heteroatoms. The third kappa shape index (κ3) is 3.86. The lowest BCUT2D eigenvalue weighted by molar-refractivity contribution is 0.698. The van der Waals surface area contributed by atoms with Gasteiger partial charge < -0.3 is 11.1 Å². The first kappa shape index (κ1) is 18.1. The van der Waals surface area contributed by atoms with Crippen LogP contribution in [0.2, 0.25) is 0 Å². The largest absolute Gasteiger partial charge is 0.367 e. The average Bonchev–Trinajstić information content (AvgIpc) is 3.16. The number of aromatic nitrogens is 3. The Bertz CT molecular complexity index is 1120. The maximum absolute atomic E-state index is 6.34. The van der Waals surface area contributed by atoms with E-state index in [0.717, 1.165) is 33.6 Å². The summed E-state index contributed by atoms with van der Waals surface area (Å²) < 4.78 is 0.942. The predicted octanol–water partition coefficient (Wildman–Crippen LogP) is 3.72. The van der Waals surface area contributed by atoms with Crippen molar-refractivity contribution in [1.29, 1.82) is 0 Å². The van der Waals surface area contributed by atoms with Crippen LogP contribution in [-0.4, -0.2) is 27.5 Å². The zero-order chi connectivity index (χ0) is 19.3. The zero-order valence-electron chi connectivity index (χ0n) is 15.2. The normalized spacial score (nSPS) is 11.9. The number of nitrogens with two attached hydrogens (primary N) is 1. The van der Waals surface area contributed by atoms with Gasteiger partial charge in [0.15, 0.2) is 5.82 Å². The van der Waals surface area contributed by atoms with Crippen LogP contribution in [-0.2, 0) is 6.42 Å². The smallest absolute Gasteiger partial charge is 0.162 e. The van der Waals surface area contributed by atoms with Crippen molar-refractivity contribution in [3.63, 3.8) is 0 Å². The fourth-order valence-electron chi connectivity index (χ4n) is 2.99. The number of rotatable bonds is 6. The van der Waals surface area contributed by atoms with Crippen molar-refractivity contribution in [1.82, 2.24) is 15.0 Å². The molecule has 0 spiro atoms. The van der Waals surface area contributed by atoms with Crippen molar-refractivity contribution < 1.29 is 0 Å². The number of anilines is 1. The second-order valence-electron chi connectivity index (χ2n) is 6.43. The molecule has 0 saturated heterocycles. The first-order valence-electron chi connectivity index (χ1n) is 8.94. The van der Waals surface area contributed by atoms with Crippen molar-refractivity contribution in [2.24, 2.45) is 5.73 Å². The molecule has 4 aromatic rings. The lowest BCUT2D eigenvalue weighted by Gasteiger charge is -2.14. The highest BCUT2D eigenvalue weighted by molar-refractivity contribution is 7.18. The molecular weight excluding hydrogens is 366 g/mol. The van der Waals surface area contributed by atoms with E-state index < -0.39 is 0 Å². The molecular formula is C22H19N5S. The minimum atomic E-state index is -0.0381. The van der Waals surface area contributed by atoms with Gasteiger partial charge in [-0.2, -0.15) is 0 Å². The number of hydrogen-bond donors (Lipinski definition) is 2. The number of hydrogen-bond acceptors (Lipinski definition) is 6. The molecule has 1 unspecified atom stereocenters. The fraction of sp³-hybridized carbons (Fsp3) is 0.136. The maximum Gasteiger partial charge on any atom is 0.162 e. The van der Waals surface area contributed by atoms with Crippen molar-refractivity contribution in [3.8, 4) is 23.7 Å². The van der Waals surface area contributed by atoms with E-state index in [1.165, 1.54) is 5.56 Å². The molecule has 138 valence electrons. The molecule has 0 fully saturated rings. The molecule has 5 nitrogen and oxygen atoms in total. The second kappa shape index (κ2) is 8.17. The van der Waals surface area contributed by atoms with Crippen LogP contribution >= 0.6 is 11.3 Å². The van der Waals surface area contributed by atoms with Gasteiger partial charge in [-0.05, 0) is 24.1 Å². The Morgan fingerprint density at radius 3 is 2.64 bits per heavy atom. The van der Waals surface area contributed by atoms with Crippen molar-refractivity contribution in [3.05, 3.63) is 71.4 Å². The van der Waals surface area contributed by atoms with Gasteiger partial charge in [0, 0.05) is 35.9 Å². The SMILES string of the molecule is C#Cc1csc2c(NCC(N)Cc3ccccc3)nc(-c3ccncc3)nc12. The van der Waals surface area contributed by atoms with E-state index in [1.807, 2.05) is 35.7 Å². The summed E-state index contributed by atoms with van der Waals surface area (Å²) in [5.41, 5.74) is 10.0. The second-order valence-corrected chi connectivity index (χ2v) is 7.31. The van der Waals surface area contributed by atoms with E-state index in [4.69, 9.17) is 17.1 Å². The first-order chi connectivity index (χ1) is 13.7. The Hall–Kier alpha value is -3.27. The minimum absolute atomic E-state index is 0.0381. The molecule has 0 aliphatic carbocycles. The van der Waals surface area contributed by atoms with Gasteiger partial charge in [0.25, 0.3) is 0 Å². The number of pyridine rings is 1. The van der Waals surface area contributed by atoms with Crippen LogP contribution < -0.4 is 11.1 Å². The Balaban J connectivity index is 1.62. The van der Waals surface area contributed by atoms with Gasteiger partial charge in [-0.3, -0.25) is 4.98 Å². The molecule has 0 aliphatic heterocycles. The Labute approximate surface area is 167 Å². The molecule has 4 rings (SSSR count). The van der Waals surface area contributed by atoms with E-state index >= 15 is 0 Å². The Morgan fingerprint density at radius 2 is 1.89 bits per heavy atom.